The molecule has 0 saturated heterocycles. The Labute approximate surface area is 118 Å². The van der Waals surface area contributed by atoms with Gasteiger partial charge in [-0.15, -0.1) is 0 Å². The minimum absolute atomic E-state index is 0.0930. The first-order chi connectivity index (χ1) is 9.67. The Kier molecular flexibility index (Phi) is 4.40. The molecule has 1 heterocycles. The smallest absolute Gasteiger partial charge is 0.196 e. The molecule has 1 aromatic heterocycles. The highest BCUT2D eigenvalue weighted by Gasteiger charge is 2.14. The molecule has 0 saturated carbocycles. The number of aryl methyl sites for hydroxylation is 1. The SMILES string of the molecule is CCCn1cc(C(=O)c2cc(OC)cc(OC)c2)cn1. The summed E-state index contributed by atoms with van der Waals surface area (Å²) < 4.78 is 12.1. The van der Waals surface area contributed by atoms with Crippen LogP contribution in [-0.2, 0) is 6.54 Å². The topological polar surface area (TPSA) is 53.4 Å². The van der Waals surface area contributed by atoms with Crippen LogP contribution in [0.25, 0.3) is 0 Å². The van der Waals surface area contributed by atoms with E-state index in [0.29, 0.717) is 22.6 Å². The lowest BCUT2D eigenvalue weighted by atomic mass is 10.1. The maximum Gasteiger partial charge on any atom is 0.196 e. The van der Waals surface area contributed by atoms with Crippen LogP contribution in [-0.4, -0.2) is 29.8 Å². The largest absolute Gasteiger partial charge is 0.497 e. The Morgan fingerprint density at radius 1 is 1.15 bits per heavy atom. The number of rotatable bonds is 6. The fourth-order valence-corrected chi connectivity index (χ4v) is 1.94. The third kappa shape index (κ3) is 2.99. The zero-order valence-corrected chi connectivity index (χ0v) is 11.9. The molecule has 0 amide bonds. The zero-order chi connectivity index (χ0) is 14.5. The van der Waals surface area contributed by atoms with Crippen LogP contribution in [0.1, 0.15) is 29.3 Å². The second-order valence-corrected chi connectivity index (χ2v) is 4.42. The number of nitrogens with zero attached hydrogens (tertiary/aromatic N) is 2. The highest BCUT2D eigenvalue weighted by Crippen LogP contribution is 2.24. The fraction of sp³-hybridized carbons (Fsp3) is 0.333. The molecule has 0 fully saturated rings. The number of carbonyl (C=O) groups is 1. The van der Waals surface area contributed by atoms with Gasteiger partial charge in [-0.3, -0.25) is 9.48 Å². The molecule has 5 nitrogen and oxygen atoms in total. The molecular weight excluding hydrogens is 256 g/mol. The number of aromatic nitrogens is 2. The quantitative estimate of drug-likeness (QED) is 0.760. The molecule has 1 aromatic carbocycles. The molecule has 0 N–H and O–H groups in total. The van der Waals surface area contributed by atoms with E-state index < -0.39 is 0 Å². The normalized spacial score (nSPS) is 10.3. The van der Waals surface area contributed by atoms with Crippen molar-refractivity contribution in [3.05, 3.63) is 41.7 Å². The van der Waals surface area contributed by atoms with Crippen LogP contribution in [0.2, 0.25) is 0 Å². The predicted octanol–water partition coefficient (Wildman–Crippen LogP) is 2.54. The minimum atomic E-state index is -0.0930. The van der Waals surface area contributed by atoms with Gasteiger partial charge in [0, 0.05) is 24.4 Å². The number of carbonyl (C=O) groups excluding carboxylic acids is 1. The lowest BCUT2D eigenvalue weighted by molar-refractivity contribution is 0.103. The van der Waals surface area contributed by atoms with Gasteiger partial charge in [-0.25, -0.2) is 0 Å². The number of hydrogen-bond acceptors (Lipinski definition) is 4. The minimum Gasteiger partial charge on any atom is -0.497 e. The highest BCUT2D eigenvalue weighted by molar-refractivity contribution is 6.09. The summed E-state index contributed by atoms with van der Waals surface area (Å²) >= 11 is 0. The van der Waals surface area contributed by atoms with Gasteiger partial charge in [0.25, 0.3) is 0 Å². The Morgan fingerprint density at radius 2 is 1.80 bits per heavy atom. The lowest BCUT2D eigenvalue weighted by Gasteiger charge is -2.07. The van der Waals surface area contributed by atoms with Crippen LogP contribution in [0, 0.1) is 0 Å². The molecule has 0 radical (unpaired) electrons. The Morgan fingerprint density at radius 3 is 2.35 bits per heavy atom. The van der Waals surface area contributed by atoms with E-state index in [1.807, 2.05) is 0 Å². The van der Waals surface area contributed by atoms with Crippen molar-refractivity contribution in [2.75, 3.05) is 14.2 Å². The number of methoxy groups -OCH3 is 2. The first-order valence-corrected chi connectivity index (χ1v) is 6.48. The average molecular weight is 274 g/mol. The molecule has 0 aliphatic rings. The summed E-state index contributed by atoms with van der Waals surface area (Å²) in [6, 6.07) is 5.13. The molecule has 0 aliphatic carbocycles. The van der Waals surface area contributed by atoms with Crippen molar-refractivity contribution in [2.45, 2.75) is 19.9 Å². The third-order valence-electron chi connectivity index (χ3n) is 2.96. The summed E-state index contributed by atoms with van der Waals surface area (Å²) in [7, 11) is 3.12. The molecule has 0 bridgehead atoms. The van der Waals surface area contributed by atoms with Gasteiger partial charge in [0.1, 0.15) is 11.5 Å². The van der Waals surface area contributed by atoms with Crippen LogP contribution in [0.4, 0.5) is 0 Å². The fourth-order valence-electron chi connectivity index (χ4n) is 1.94. The zero-order valence-electron chi connectivity index (χ0n) is 11.9. The summed E-state index contributed by atoms with van der Waals surface area (Å²) in [5, 5.41) is 4.17. The van der Waals surface area contributed by atoms with Gasteiger partial charge in [-0.2, -0.15) is 5.10 Å². The van der Waals surface area contributed by atoms with Crippen molar-refractivity contribution in [1.29, 1.82) is 0 Å². The summed E-state index contributed by atoms with van der Waals surface area (Å²) in [5.74, 6) is 1.09. The first kappa shape index (κ1) is 14.1. The molecule has 0 atom stereocenters. The molecule has 2 aromatic rings. The van der Waals surface area contributed by atoms with E-state index >= 15 is 0 Å². The van der Waals surface area contributed by atoms with E-state index in [0.717, 1.165) is 13.0 Å². The number of hydrogen-bond donors (Lipinski definition) is 0. The van der Waals surface area contributed by atoms with E-state index in [-0.39, 0.29) is 5.78 Å². The van der Waals surface area contributed by atoms with Gasteiger partial charge in [0.05, 0.1) is 26.0 Å². The molecule has 0 unspecified atom stereocenters. The van der Waals surface area contributed by atoms with E-state index in [1.54, 1.807) is 49.5 Å². The van der Waals surface area contributed by atoms with Gasteiger partial charge in [-0.1, -0.05) is 6.92 Å². The summed E-state index contributed by atoms with van der Waals surface area (Å²) in [6.07, 6.45) is 4.32. The molecular formula is C15H18N2O3. The molecule has 20 heavy (non-hydrogen) atoms. The summed E-state index contributed by atoms with van der Waals surface area (Å²) in [4.78, 5) is 12.4. The van der Waals surface area contributed by atoms with Gasteiger partial charge in [0.2, 0.25) is 0 Å². The Hall–Kier alpha value is -2.30. The van der Waals surface area contributed by atoms with Crippen molar-refractivity contribution in [2.24, 2.45) is 0 Å². The molecule has 106 valence electrons. The number of benzene rings is 1. The molecule has 0 spiro atoms. The monoisotopic (exact) mass is 274 g/mol. The van der Waals surface area contributed by atoms with Crippen molar-refractivity contribution < 1.29 is 14.3 Å². The van der Waals surface area contributed by atoms with Crippen molar-refractivity contribution in [3.63, 3.8) is 0 Å². The highest BCUT2D eigenvalue weighted by atomic mass is 16.5. The van der Waals surface area contributed by atoms with E-state index in [9.17, 15) is 4.79 Å². The molecule has 0 aliphatic heterocycles. The van der Waals surface area contributed by atoms with Crippen LogP contribution in [0.3, 0.4) is 0 Å². The van der Waals surface area contributed by atoms with Crippen LogP contribution < -0.4 is 9.47 Å². The third-order valence-corrected chi connectivity index (χ3v) is 2.96. The van der Waals surface area contributed by atoms with Crippen molar-refractivity contribution in [3.8, 4) is 11.5 Å². The van der Waals surface area contributed by atoms with Crippen LogP contribution in [0.15, 0.2) is 30.6 Å². The molecule has 2 rings (SSSR count). The predicted molar refractivity (Wildman–Crippen MR) is 75.5 cm³/mol. The molecule has 5 heteroatoms. The Bertz CT molecular complexity index is 583. The second-order valence-electron chi connectivity index (χ2n) is 4.42. The van der Waals surface area contributed by atoms with Gasteiger partial charge < -0.3 is 9.47 Å². The van der Waals surface area contributed by atoms with E-state index in [2.05, 4.69) is 12.0 Å². The van der Waals surface area contributed by atoms with Gasteiger partial charge in [0.15, 0.2) is 5.78 Å². The van der Waals surface area contributed by atoms with Gasteiger partial charge >= 0.3 is 0 Å². The number of ether oxygens (including phenoxy) is 2. The van der Waals surface area contributed by atoms with E-state index in [1.165, 1.54) is 0 Å². The Balaban J connectivity index is 2.31. The standard InChI is InChI=1S/C15H18N2O3/c1-4-5-17-10-12(9-16-17)15(18)11-6-13(19-2)8-14(7-11)20-3/h6-10H,4-5H2,1-3H3. The summed E-state index contributed by atoms with van der Waals surface area (Å²) in [6.45, 7) is 2.87. The second kappa shape index (κ2) is 6.23. The van der Waals surface area contributed by atoms with Gasteiger partial charge in [-0.05, 0) is 18.6 Å². The van der Waals surface area contributed by atoms with Crippen molar-refractivity contribution in [1.82, 2.24) is 9.78 Å². The number of ketones is 1. The van der Waals surface area contributed by atoms with E-state index in [4.69, 9.17) is 9.47 Å². The average Bonchev–Trinajstić information content (AvgIpc) is 2.94. The van der Waals surface area contributed by atoms with Crippen LogP contribution >= 0.6 is 0 Å². The van der Waals surface area contributed by atoms with Crippen LogP contribution in [0.5, 0.6) is 11.5 Å². The summed E-state index contributed by atoms with van der Waals surface area (Å²) in [5.41, 5.74) is 1.09. The maximum absolute atomic E-state index is 12.4. The maximum atomic E-state index is 12.4. The lowest BCUT2D eigenvalue weighted by Crippen LogP contribution is -2.02. The first-order valence-electron chi connectivity index (χ1n) is 6.48. The van der Waals surface area contributed by atoms with Crippen molar-refractivity contribution >= 4 is 5.78 Å².